The van der Waals surface area contributed by atoms with Crippen LogP contribution in [0.15, 0.2) is 0 Å². The number of aliphatic hydroxyl groups excluding tert-OH is 1. The Bertz CT molecular complexity index is 237. The standard InChI is InChI=1S/C12H23NO5/c14-5-7-18-9-8-17-6-3-11-2-1-4-13(10-11)12(15)16/h11,14H,1-10H2,(H,15,16). The van der Waals surface area contributed by atoms with Gasteiger partial charge >= 0.3 is 6.09 Å². The fourth-order valence-corrected chi connectivity index (χ4v) is 2.11. The normalized spacial score (nSPS) is 20.1. The maximum Gasteiger partial charge on any atom is 0.407 e. The molecule has 106 valence electrons. The van der Waals surface area contributed by atoms with Crippen LogP contribution in [0.5, 0.6) is 0 Å². The van der Waals surface area contributed by atoms with Crippen LogP contribution in [0.2, 0.25) is 0 Å². The van der Waals surface area contributed by atoms with Crippen molar-refractivity contribution in [3.63, 3.8) is 0 Å². The molecule has 0 aliphatic carbocycles. The quantitative estimate of drug-likeness (QED) is 0.632. The third-order valence-electron chi connectivity index (χ3n) is 3.07. The molecule has 2 N–H and O–H groups in total. The van der Waals surface area contributed by atoms with Crippen LogP contribution in [0.4, 0.5) is 4.79 Å². The summed E-state index contributed by atoms with van der Waals surface area (Å²) in [5.74, 6) is 0.410. The second-order valence-corrected chi connectivity index (χ2v) is 4.47. The highest BCUT2D eigenvalue weighted by atomic mass is 16.5. The zero-order chi connectivity index (χ0) is 13.2. The molecule has 1 rings (SSSR count). The summed E-state index contributed by atoms with van der Waals surface area (Å²) in [5, 5.41) is 17.4. The topological polar surface area (TPSA) is 79.2 Å². The molecular weight excluding hydrogens is 238 g/mol. The van der Waals surface area contributed by atoms with Crippen LogP contribution in [-0.2, 0) is 9.47 Å². The number of nitrogens with zero attached hydrogens (tertiary/aromatic N) is 1. The van der Waals surface area contributed by atoms with E-state index in [-0.39, 0.29) is 6.61 Å². The van der Waals surface area contributed by atoms with E-state index in [0.29, 0.717) is 45.4 Å². The van der Waals surface area contributed by atoms with E-state index in [4.69, 9.17) is 19.7 Å². The molecule has 1 aliphatic heterocycles. The summed E-state index contributed by atoms with van der Waals surface area (Å²) >= 11 is 0. The van der Waals surface area contributed by atoms with Crippen molar-refractivity contribution in [3.8, 4) is 0 Å². The third kappa shape index (κ3) is 6.18. The molecule has 1 atom stereocenters. The second kappa shape index (κ2) is 9.13. The molecule has 1 amide bonds. The van der Waals surface area contributed by atoms with E-state index >= 15 is 0 Å². The molecule has 0 bridgehead atoms. The van der Waals surface area contributed by atoms with Gasteiger partial charge in [0.25, 0.3) is 0 Å². The number of aliphatic hydroxyl groups is 1. The summed E-state index contributed by atoms with van der Waals surface area (Å²) < 4.78 is 10.5. The van der Waals surface area contributed by atoms with Crippen molar-refractivity contribution in [2.24, 2.45) is 5.92 Å². The first-order valence-corrected chi connectivity index (χ1v) is 6.48. The Morgan fingerprint density at radius 1 is 1.22 bits per heavy atom. The zero-order valence-electron chi connectivity index (χ0n) is 10.7. The molecule has 1 heterocycles. The van der Waals surface area contributed by atoms with Crippen molar-refractivity contribution in [1.29, 1.82) is 0 Å². The highest BCUT2D eigenvalue weighted by Gasteiger charge is 2.22. The highest BCUT2D eigenvalue weighted by Crippen LogP contribution is 2.19. The second-order valence-electron chi connectivity index (χ2n) is 4.47. The number of carboxylic acid groups (broad SMARTS) is 1. The fourth-order valence-electron chi connectivity index (χ4n) is 2.11. The lowest BCUT2D eigenvalue weighted by molar-refractivity contribution is 0.0263. The first-order chi connectivity index (χ1) is 8.74. The van der Waals surface area contributed by atoms with Gasteiger partial charge in [-0.25, -0.2) is 4.79 Å². The van der Waals surface area contributed by atoms with Gasteiger partial charge in [0.15, 0.2) is 0 Å². The van der Waals surface area contributed by atoms with Gasteiger partial charge < -0.3 is 24.6 Å². The van der Waals surface area contributed by atoms with Crippen LogP contribution >= 0.6 is 0 Å². The Labute approximate surface area is 107 Å². The molecule has 1 saturated heterocycles. The number of ether oxygens (including phenoxy) is 2. The predicted octanol–water partition coefficient (Wildman–Crippen LogP) is 0.792. The van der Waals surface area contributed by atoms with E-state index in [1.54, 1.807) is 0 Å². The summed E-state index contributed by atoms with van der Waals surface area (Å²) in [6, 6.07) is 0. The Hall–Kier alpha value is -0.850. The van der Waals surface area contributed by atoms with Crippen LogP contribution in [0, 0.1) is 5.92 Å². The molecule has 0 saturated carbocycles. The Morgan fingerprint density at radius 3 is 2.61 bits per heavy atom. The zero-order valence-corrected chi connectivity index (χ0v) is 10.7. The first-order valence-electron chi connectivity index (χ1n) is 6.48. The van der Waals surface area contributed by atoms with Crippen LogP contribution in [0.1, 0.15) is 19.3 Å². The maximum atomic E-state index is 10.8. The number of piperidine rings is 1. The van der Waals surface area contributed by atoms with Gasteiger partial charge in [0.2, 0.25) is 0 Å². The van der Waals surface area contributed by atoms with Gasteiger partial charge in [-0.2, -0.15) is 0 Å². The number of amides is 1. The summed E-state index contributed by atoms with van der Waals surface area (Å²) in [7, 11) is 0. The lowest BCUT2D eigenvalue weighted by atomic mass is 9.95. The fraction of sp³-hybridized carbons (Fsp3) is 0.917. The van der Waals surface area contributed by atoms with Gasteiger partial charge in [0, 0.05) is 19.7 Å². The average Bonchev–Trinajstić information content (AvgIpc) is 2.38. The molecule has 18 heavy (non-hydrogen) atoms. The largest absolute Gasteiger partial charge is 0.465 e. The average molecular weight is 261 g/mol. The van der Waals surface area contributed by atoms with Gasteiger partial charge in [-0.3, -0.25) is 0 Å². The number of hydrogen-bond acceptors (Lipinski definition) is 4. The molecule has 1 fully saturated rings. The Morgan fingerprint density at radius 2 is 1.94 bits per heavy atom. The minimum Gasteiger partial charge on any atom is -0.465 e. The van der Waals surface area contributed by atoms with Crippen LogP contribution < -0.4 is 0 Å². The molecule has 0 radical (unpaired) electrons. The summed E-state index contributed by atoms with van der Waals surface area (Å²) in [5.41, 5.74) is 0. The monoisotopic (exact) mass is 261 g/mol. The number of likely N-dealkylation sites (tertiary alicyclic amines) is 1. The van der Waals surface area contributed by atoms with Crippen molar-refractivity contribution in [2.75, 3.05) is 46.1 Å². The molecule has 0 aromatic heterocycles. The summed E-state index contributed by atoms with van der Waals surface area (Å²) in [6.45, 7) is 3.32. The van der Waals surface area contributed by atoms with Gasteiger partial charge in [-0.15, -0.1) is 0 Å². The molecule has 0 spiro atoms. The van der Waals surface area contributed by atoms with Gasteiger partial charge in [0.05, 0.1) is 26.4 Å². The molecular formula is C12H23NO5. The van der Waals surface area contributed by atoms with Crippen molar-refractivity contribution >= 4 is 6.09 Å². The van der Waals surface area contributed by atoms with Crippen LogP contribution in [-0.4, -0.2) is 67.3 Å². The van der Waals surface area contributed by atoms with Gasteiger partial charge in [0.1, 0.15) is 0 Å². The summed E-state index contributed by atoms with van der Waals surface area (Å²) in [4.78, 5) is 12.3. The lowest BCUT2D eigenvalue weighted by Gasteiger charge is -2.30. The Balaban J connectivity index is 2.00. The number of rotatable bonds is 8. The first kappa shape index (κ1) is 15.2. The van der Waals surface area contributed by atoms with Gasteiger partial charge in [-0.05, 0) is 25.2 Å². The van der Waals surface area contributed by atoms with E-state index in [0.717, 1.165) is 19.3 Å². The van der Waals surface area contributed by atoms with E-state index in [1.165, 1.54) is 4.90 Å². The van der Waals surface area contributed by atoms with E-state index < -0.39 is 6.09 Å². The van der Waals surface area contributed by atoms with Crippen LogP contribution in [0.3, 0.4) is 0 Å². The highest BCUT2D eigenvalue weighted by molar-refractivity contribution is 5.65. The number of hydrogen-bond donors (Lipinski definition) is 2. The van der Waals surface area contributed by atoms with Crippen molar-refractivity contribution < 1.29 is 24.5 Å². The summed E-state index contributed by atoms with van der Waals surface area (Å²) in [6.07, 6.45) is 2.09. The number of carbonyl (C=O) groups is 1. The van der Waals surface area contributed by atoms with Crippen molar-refractivity contribution in [1.82, 2.24) is 4.90 Å². The SMILES string of the molecule is O=C(O)N1CCCC(CCOCCOCCO)C1. The third-order valence-corrected chi connectivity index (χ3v) is 3.07. The van der Waals surface area contributed by atoms with E-state index in [2.05, 4.69) is 0 Å². The predicted molar refractivity (Wildman–Crippen MR) is 65.7 cm³/mol. The van der Waals surface area contributed by atoms with Crippen molar-refractivity contribution in [3.05, 3.63) is 0 Å². The molecule has 6 heteroatoms. The Kier molecular flexibility index (Phi) is 7.71. The molecule has 1 unspecified atom stereocenters. The maximum absolute atomic E-state index is 10.8. The molecule has 1 aliphatic rings. The van der Waals surface area contributed by atoms with E-state index in [1.807, 2.05) is 0 Å². The smallest absolute Gasteiger partial charge is 0.407 e. The molecule has 0 aromatic rings. The van der Waals surface area contributed by atoms with Crippen molar-refractivity contribution in [2.45, 2.75) is 19.3 Å². The lowest BCUT2D eigenvalue weighted by Crippen LogP contribution is -2.39. The molecule has 0 aromatic carbocycles. The minimum atomic E-state index is -0.821. The van der Waals surface area contributed by atoms with Gasteiger partial charge in [-0.1, -0.05) is 0 Å². The molecule has 6 nitrogen and oxygen atoms in total. The minimum absolute atomic E-state index is 0.0348. The van der Waals surface area contributed by atoms with Crippen LogP contribution in [0.25, 0.3) is 0 Å². The van der Waals surface area contributed by atoms with E-state index in [9.17, 15) is 4.79 Å².